The molecular formula is C20H20BNO5. The number of hydrogen-bond donors (Lipinski definition) is 2. The lowest BCUT2D eigenvalue weighted by molar-refractivity contribution is 0.107. The number of epoxide rings is 1. The highest BCUT2D eigenvalue weighted by Gasteiger charge is 2.55. The SMILES string of the molecule is CC(c1ccccc1)N1C=C(O)OB(C2OC2c2ccccc2)O/C(O)=C\1. The van der Waals surface area contributed by atoms with Crippen LogP contribution in [-0.2, 0) is 14.0 Å². The van der Waals surface area contributed by atoms with Gasteiger partial charge in [0, 0.05) is 0 Å². The van der Waals surface area contributed by atoms with E-state index in [1.54, 1.807) is 4.90 Å². The molecular weight excluding hydrogens is 345 g/mol. The third kappa shape index (κ3) is 3.88. The van der Waals surface area contributed by atoms with E-state index in [2.05, 4.69) is 0 Å². The van der Waals surface area contributed by atoms with Crippen LogP contribution in [0, 0.1) is 0 Å². The van der Waals surface area contributed by atoms with Crippen LogP contribution in [0.3, 0.4) is 0 Å². The number of nitrogens with zero attached hydrogens (tertiary/aromatic N) is 1. The quantitative estimate of drug-likeness (QED) is 0.631. The van der Waals surface area contributed by atoms with Gasteiger partial charge in [-0.25, -0.2) is 0 Å². The molecule has 0 amide bonds. The van der Waals surface area contributed by atoms with Gasteiger partial charge in [0.05, 0.1) is 18.4 Å². The Morgan fingerprint density at radius 3 is 2.04 bits per heavy atom. The zero-order valence-corrected chi connectivity index (χ0v) is 14.8. The molecule has 2 aromatic rings. The maximum Gasteiger partial charge on any atom is 0.633 e. The summed E-state index contributed by atoms with van der Waals surface area (Å²) in [5, 5.41) is 20.4. The molecule has 27 heavy (non-hydrogen) atoms. The second-order valence-corrected chi connectivity index (χ2v) is 6.50. The normalized spacial score (nSPS) is 25.1. The third-order valence-corrected chi connectivity index (χ3v) is 4.64. The van der Waals surface area contributed by atoms with Crippen LogP contribution in [0.2, 0.25) is 0 Å². The van der Waals surface area contributed by atoms with Crippen LogP contribution in [0.1, 0.15) is 30.2 Å². The van der Waals surface area contributed by atoms with Crippen molar-refractivity contribution in [2.45, 2.75) is 25.1 Å². The fourth-order valence-corrected chi connectivity index (χ4v) is 3.12. The van der Waals surface area contributed by atoms with Gasteiger partial charge in [-0.05, 0) is 18.1 Å². The highest BCUT2D eigenvalue weighted by atomic mass is 16.7. The van der Waals surface area contributed by atoms with Crippen molar-refractivity contribution in [2.24, 2.45) is 0 Å². The molecule has 0 bridgehead atoms. The first-order valence-electron chi connectivity index (χ1n) is 8.79. The highest BCUT2D eigenvalue weighted by molar-refractivity contribution is 6.48. The highest BCUT2D eigenvalue weighted by Crippen LogP contribution is 2.41. The van der Waals surface area contributed by atoms with Gasteiger partial charge in [-0.1, -0.05) is 60.7 Å². The molecule has 4 rings (SSSR count). The lowest BCUT2D eigenvalue weighted by atomic mass is 9.80. The Morgan fingerprint density at radius 1 is 0.889 bits per heavy atom. The van der Waals surface area contributed by atoms with Crippen molar-refractivity contribution >= 4 is 7.12 Å². The summed E-state index contributed by atoms with van der Waals surface area (Å²) in [4.78, 5) is 1.62. The summed E-state index contributed by atoms with van der Waals surface area (Å²) in [5.41, 5.74) is 2.00. The monoisotopic (exact) mass is 365 g/mol. The van der Waals surface area contributed by atoms with E-state index in [1.165, 1.54) is 12.4 Å². The first-order chi connectivity index (χ1) is 13.1. The topological polar surface area (TPSA) is 74.7 Å². The molecule has 1 fully saturated rings. The molecule has 0 aromatic heterocycles. The maximum absolute atomic E-state index is 10.2. The fourth-order valence-electron chi connectivity index (χ4n) is 3.12. The molecule has 3 atom stereocenters. The van der Waals surface area contributed by atoms with Crippen LogP contribution in [0.25, 0.3) is 0 Å². The van der Waals surface area contributed by atoms with Gasteiger partial charge < -0.3 is 29.2 Å². The molecule has 2 heterocycles. The second kappa shape index (κ2) is 7.29. The summed E-state index contributed by atoms with van der Waals surface area (Å²) in [7, 11) is -0.947. The lowest BCUT2D eigenvalue weighted by Crippen LogP contribution is -2.32. The van der Waals surface area contributed by atoms with Crippen molar-refractivity contribution in [3.05, 3.63) is 96.1 Å². The lowest BCUT2D eigenvalue weighted by Gasteiger charge is -2.27. The van der Waals surface area contributed by atoms with Crippen LogP contribution in [-0.4, -0.2) is 28.2 Å². The van der Waals surface area contributed by atoms with E-state index in [9.17, 15) is 10.2 Å². The van der Waals surface area contributed by atoms with Crippen molar-refractivity contribution < 1.29 is 24.3 Å². The molecule has 7 heteroatoms. The Bertz CT molecular complexity index is 820. The van der Waals surface area contributed by atoms with Gasteiger partial charge in [0.1, 0.15) is 6.10 Å². The fraction of sp³-hybridized carbons (Fsp3) is 0.200. The van der Waals surface area contributed by atoms with Gasteiger partial charge in [0.2, 0.25) is 0 Å². The number of rotatable bonds is 4. The molecule has 2 N–H and O–H groups in total. The standard InChI is InChI=1S/C20H20BNO5/c1-14(15-8-4-2-5-9-15)22-12-17(23)26-21(27-18(24)13-22)20-19(25-20)16-10-6-3-7-11-16/h2-14,19-20,23-24H,1H3/b17-12-,18-13?. The Hall–Kier alpha value is -3.06. The minimum Gasteiger partial charge on any atom is -0.496 e. The van der Waals surface area contributed by atoms with Crippen molar-refractivity contribution in [3.8, 4) is 0 Å². The number of benzene rings is 2. The van der Waals surface area contributed by atoms with E-state index >= 15 is 0 Å². The van der Waals surface area contributed by atoms with Crippen molar-refractivity contribution in [1.82, 2.24) is 4.90 Å². The van der Waals surface area contributed by atoms with E-state index in [1.807, 2.05) is 67.6 Å². The zero-order chi connectivity index (χ0) is 18.8. The number of aliphatic hydroxyl groups excluding tert-OH is 2. The van der Waals surface area contributed by atoms with Crippen LogP contribution < -0.4 is 0 Å². The number of hydrogen-bond acceptors (Lipinski definition) is 6. The Kier molecular flexibility index (Phi) is 4.69. The summed E-state index contributed by atoms with van der Waals surface area (Å²) < 4.78 is 16.6. The average Bonchev–Trinajstić information content (AvgIpc) is 3.47. The molecule has 3 unspecified atom stereocenters. The van der Waals surface area contributed by atoms with Gasteiger partial charge >= 0.3 is 7.12 Å². The first kappa shape index (κ1) is 17.4. The van der Waals surface area contributed by atoms with E-state index in [4.69, 9.17) is 14.0 Å². The summed E-state index contributed by atoms with van der Waals surface area (Å²) in [6, 6.07) is 18.8. The Balaban J connectivity index is 1.49. The molecule has 0 radical (unpaired) electrons. The van der Waals surface area contributed by atoms with Gasteiger partial charge in [-0.15, -0.1) is 0 Å². The average molecular weight is 365 g/mol. The third-order valence-electron chi connectivity index (χ3n) is 4.64. The van der Waals surface area contributed by atoms with E-state index in [0.29, 0.717) is 0 Å². The van der Waals surface area contributed by atoms with Crippen LogP contribution >= 0.6 is 0 Å². The molecule has 6 nitrogen and oxygen atoms in total. The van der Waals surface area contributed by atoms with Crippen molar-refractivity contribution in [2.75, 3.05) is 0 Å². The predicted octanol–water partition coefficient (Wildman–Crippen LogP) is 3.98. The number of ether oxygens (including phenoxy) is 1. The molecule has 0 spiro atoms. The van der Waals surface area contributed by atoms with Gasteiger partial charge in [-0.2, -0.15) is 0 Å². The van der Waals surface area contributed by atoms with Gasteiger partial charge in [-0.3, -0.25) is 0 Å². The maximum atomic E-state index is 10.2. The minimum absolute atomic E-state index is 0.145. The molecule has 138 valence electrons. The first-order valence-corrected chi connectivity index (χ1v) is 8.79. The van der Waals surface area contributed by atoms with Crippen LogP contribution in [0.4, 0.5) is 0 Å². The van der Waals surface area contributed by atoms with E-state index < -0.39 is 13.1 Å². The Labute approximate surface area is 158 Å². The van der Waals surface area contributed by atoms with Crippen molar-refractivity contribution in [3.63, 3.8) is 0 Å². The second-order valence-electron chi connectivity index (χ2n) is 6.50. The van der Waals surface area contributed by atoms with Crippen molar-refractivity contribution in [1.29, 1.82) is 0 Å². The van der Waals surface area contributed by atoms with Gasteiger partial charge in [0.15, 0.2) is 6.00 Å². The molecule has 2 aliphatic heterocycles. The molecule has 2 aromatic carbocycles. The summed E-state index contributed by atoms with van der Waals surface area (Å²) >= 11 is 0. The van der Waals surface area contributed by atoms with Gasteiger partial charge in [0.25, 0.3) is 11.9 Å². The zero-order valence-electron chi connectivity index (χ0n) is 14.8. The molecule has 0 saturated carbocycles. The predicted molar refractivity (Wildman–Crippen MR) is 100 cm³/mol. The summed E-state index contributed by atoms with van der Waals surface area (Å²) in [6.07, 6.45) is 2.64. The van der Waals surface area contributed by atoms with Crippen LogP contribution in [0.15, 0.2) is 85.0 Å². The van der Waals surface area contributed by atoms with E-state index in [0.717, 1.165) is 11.1 Å². The molecule has 1 saturated heterocycles. The number of aliphatic hydroxyl groups is 2. The smallest absolute Gasteiger partial charge is 0.496 e. The van der Waals surface area contributed by atoms with Crippen LogP contribution in [0.5, 0.6) is 0 Å². The molecule has 0 aliphatic carbocycles. The summed E-state index contributed by atoms with van der Waals surface area (Å²) in [6.45, 7) is 1.94. The Morgan fingerprint density at radius 2 is 1.44 bits per heavy atom. The minimum atomic E-state index is -0.947. The summed E-state index contributed by atoms with van der Waals surface area (Å²) in [5.74, 6) is -0.623. The van der Waals surface area contributed by atoms with E-state index in [-0.39, 0.29) is 24.0 Å². The molecule has 2 aliphatic rings. The largest absolute Gasteiger partial charge is 0.633 e.